The molecule has 2 aromatic rings. The van der Waals surface area contributed by atoms with Crippen LogP contribution in [0.25, 0.3) is 11.4 Å². The van der Waals surface area contributed by atoms with Crippen molar-refractivity contribution >= 4 is 42.5 Å². The van der Waals surface area contributed by atoms with Crippen molar-refractivity contribution in [3.05, 3.63) is 15.7 Å². The van der Waals surface area contributed by atoms with Gasteiger partial charge in [0.1, 0.15) is 4.90 Å². The molecular weight excluding hydrogens is 447 g/mol. The Morgan fingerprint density at radius 2 is 1.91 bits per heavy atom. The molecule has 1 heterocycles. The van der Waals surface area contributed by atoms with Crippen molar-refractivity contribution < 1.29 is 16.8 Å². The third kappa shape index (κ3) is 3.27. The normalized spacial score (nSPS) is 12.5. The first-order valence-corrected chi connectivity index (χ1v) is 9.98. The lowest BCUT2D eigenvalue weighted by Crippen LogP contribution is -2.22. The number of primary sulfonamides is 1. The molecule has 0 fully saturated rings. The van der Waals surface area contributed by atoms with Crippen LogP contribution in [-0.2, 0) is 19.9 Å². The highest BCUT2D eigenvalue weighted by atomic mass is 127. The zero-order valence-electron chi connectivity index (χ0n) is 10.9. The molecule has 5 N–H and O–H groups in total. The van der Waals surface area contributed by atoms with E-state index < -0.39 is 35.4 Å². The number of sulfonamides is 1. The quantitative estimate of drug-likeness (QED) is 0.471. The van der Waals surface area contributed by atoms with Crippen LogP contribution in [0.1, 0.15) is 0 Å². The van der Waals surface area contributed by atoms with E-state index in [9.17, 15) is 16.8 Å². The summed E-state index contributed by atoms with van der Waals surface area (Å²) in [6.07, 6.45) is 0. The first kappa shape index (κ1) is 17.2. The molecule has 0 aliphatic rings. The minimum Gasteiger partial charge on any atom is -0.329 e. The molecule has 0 atom stereocenters. The SMILES string of the molecule is NCCS(=O)(=O)c1ccc(I)c(-c2nn[nH]n2)c1S(N)(=O)=O. The predicted octanol–water partition coefficient (Wildman–Crippen LogP) is -1.15. The van der Waals surface area contributed by atoms with Gasteiger partial charge in [0.15, 0.2) is 9.84 Å². The molecule has 22 heavy (non-hydrogen) atoms. The third-order valence-corrected chi connectivity index (χ3v) is 6.45. The maximum Gasteiger partial charge on any atom is 0.240 e. The van der Waals surface area contributed by atoms with Crippen molar-refractivity contribution in [3.8, 4) is 11.4 Å². The van der Waals surface area contributed by atoms with Gasteiger partial charge in [0.2, 0.25) is 15.8 Å². The van der Waals surface area contributed by atoms with Gasteiger partial charge < -0.3 is 5.73 Å². The Bertz CT molecular complexity index is 894. The minimum atomic E-state index is -4.36. The number of H-pyrrole nitrogens is 1. The van der Waals surface area contributed by atoms with Gasteiger partial charge in [0.05, 0.1) is 16.2 Å². The zero-order chi connectivity index (χ0) is 16.5. The van der Waals surface area contributed by atoms with Gasteiger partial charge in [-0.15, -0.1) is 10.2 Å². The summed E-state index contributed by atoms with van der Waals surface area (Å²) in [6.45, 7) is -0.157. The maximum absolute atomic E-state index is 12.3. The van der Waals surface area contributed by atoms with Gasteiger partial charge in [-0.25, -0.2) is 22.0 Å². The summed E-state index contributed by atoms with van der Waals surface area (Å²) in [4.78, 5) is -0.991. The number of benzene rings is 1. The van der Waals surface area contributed by atoms with E-state index in [0.29, 0.717) is 3.57 Å². The van der Waals surface area contributed by atoms with Gasteiger partial charge in [-0.1, -0.05) is 0 Å². The molecule has 0 spiro atoms. The Kier molecular flexibility index (Phi) is 4.81. The highest BCUT2D eigenvalue weighted by Gasteiger charge is 2.30. The van der Waals surface area contributed by atoms with Crippen LogP contribution in [0.3, 0.4) is 0 Å². The van der Waals surface area contributed by atoms with Gasteiger partial charge in [-0.3, -0.25) is 0 Å². The summed E-state index contributed by atoms with van der Waals surface area (Å²) in [5, 5.41) is 18.1. The number of nitrogens with one attached hydrogen (secondary N) is 1. The van der Waals surface area contributed by atoms with E-state index in [1.165, 1.54) is 12.1 Å². The largest absolute Gasteiger partial charge is 0.329 e. The second-order valence-corrected chi connectivity index (χ2v) is 8.88. The summed E-state index contributed by atoms with van der Waals surface area (Å²) in [5.74, 6) is -0.486. The number of tetrazole rings is 1. The number of nitrogens with zero attached hydrogens (tertiary/aromatic N) is 3. The van der Waals surface area contributed by atoms with Crippen molar-refractivity contribution in [1.29, 1.82) is 0 Å². The van der Waals surface area contributed by atoms with Crippen molar-refractivity contribution in [2.24, 2.45) is 10.9 Å². The Morgan fingerprint density at radius 3 is 2.41 bits per heavy atom. The fraction of sp³-hybridized carbons (Fsp3) is 0.222. The lowest BCUT2D eigenvalue weighted by Gasteiger charge is -2.13. The minimum absolute atomic E-state index is 0.0186. The lowest BCUT2D eigenvalue weighted by molar-refractivity contribution is 0.583. The van der Waals surface area contributed by atoms with E-state index in [1.54, 1.807) is 0 Å². The zero-order valence-corrected chi connectivity index (χ0v) is 14.7. The lowest BCUT2D eigenvalue weighted by atomic mass is 10.2. The molecule has 1 aromatic carbocycles. The summed E-state index contributed by atoms with van der Waals surface area (Å²) >= 11 is 1.83. The van der Waals surface area contributed by atoms with Crippen molar-refractivity contribution in [2.45, 2.75) is 9.79 Å². The third-order valence-electron chi connectivity index (χ3n) is 2.65. The second-order valence-electron chi connectivity index (χ2n) is 4.14. The Balaban J connectivity index is 2.92. The molecule has 120 valence electrons. The van der Waals surface area contributed by atoms with Crippen LogP contribution < -0.4 is 10.9 Å². The molecule has 0 radical (unpaired) electrons. The number of halogens is 1. The van der Waals surface area contributed by atoms with E-state index in [2.05, 4.69) is 20.6 Å². The first-order valence-electron chi connectivity index (χ1n) is 5.70. The highest BCUT2D eigenvalue weighted by molar-refractivity contribution is 14.1. The molecule has 13 heteroatoms. The maximum atomic E-state index is 12.3. The van der Waals surface area contributed by atoms with Crippen LogP contribution in [0.15, 0.2) is 21.9 Å². The van der Waals surface area contributed by atoms with Crippen LogP contribution in [0.4, 0.5) is 0 Å². The summed E-state index contributed by atoms with van der Waals surface area (Å²) in [5.41, 5.74) is 5.25. The molecular formula is C9H11IN6O4S2. The molecule has 0 saturated heterocycles. The number of hydrogen-bond donors (Lipinski definition) is 3. The first-order chi connectivity index (χ1) is 10.2. The number of nitrogens with two attached hydrogens (primary N) is 2. The van der Waals surface area contributed by atoms with E-state index in [4.69, 9.17) is 10.9 Å². The Labute approximate surface area is 139 Å². The molecule has 0 bridgehead atoms. The fourth-order valence-corrected chi connectivity index (χ4v) is 5.44. The van der Waals surface area contributed by atoms with Crippen LogP contribution in [0.5, 0.6) is 0 Å². The smallest absolute Gasteiger partial charge is 0.240 e. The van der Waals surface area contributed by atoms with Crippen LogP contribution in [0.2, 0.25) is 0 Å². The van der Waals surface area contributed by atoms with Gasteiger partial charge in [0, 0.05) is 10.1 Å². The molecule has 0 amide bonds. The molecule has 10 nitrogen and oxygen atoms in total. The molecule has 0 saturated carbocycles. The number of aromatic nitrogens is 4. The standard InChI is InChI=1S/C9H11IN6O4S2/c10-5-1-2-6(21(17,18)4-3-11)8(22(12,19)20)7(5)9-13-15-16-14-9/h1-2H,3-4,11H2,(H2,12,19,20)(H,13,14,15,16). The van der Waals surface area contributed by atoms with Crippen LogP contribution in [0, 0.1) is 3.57 Å². The Hall–Kier alpha value is -1.16. The monoisotopic (exact) mass is 458 g/mol. The summed E-state index contributed by atoms with van der Waals surface area (Å²) in [7, 11) is -8.29. The van der Waals surface area contributed by atoms with Gasteiger partial charge in [-0.2, -0.15) is 5.21 Å². The number of rotatable bonds is 5. The molecule has 0 aliphatic carbocycles. The highest BCUT2D eigenvalue weighted by Crippen LogP contribution is 2.34. The van der Waals surface area contributed by atoms with Crippen molar-refractivity contribution in [3.63, 3.8) is 0 Å². The van der Waals surface area contributed by atoms with Crippen LogP contribution >= 0.6 is 22.6 Å². The molecule has 2 rings (SSSR count). The molecule has 0 aliphatic heterocycles. The van der Waals surface area contributed by atoms with Crippen molar-refractivity contribution in [2.75, 3.05) is 12.3 Å². The van der Waals surface area contributed by atoms with Gasteiger partial charge in [-0.05, 0) is 39.9 Å². The number of hydrogen-bond acceptors (Lipinski definition) is 8. The van der Waals surface area contributed by atoms with Crippen LogP contribution in [-0.4, -0.2) is 49.8 Å². The number of sulfone groups is 1. The van der Waals surface area contributed by atoms with Crippen molar-refractivity contribution in [1.82, 2.24) is 20.6 Å². The van der Waals surface area contributed by atoms with Gasteiger partial charge >= 0.3 is 0 Å². The summed E-state index contributed by atoms with van der Waals surface area (Å²) in [6, 6.07) is 2.61. The summed E-state index contributed by atoms with van der Waals surface area (Å²) < 4.78 is 48.9. The Morgan fingerprint density at radius 1 is 1.23 bits per heavy atom. The fourth-order valence-electron chi connectivity index (χ4n) is 1.81. The van der Waals surface area contributed by atoms with E-state index in [-0.39, 0.29) is 17.9 Å². The van der Waals surface area contributed by atoms with E-state index >= 15 is 0 Å². The second kappa shape index (κ2) is 6.15. The predicted molar refractivity (Wildman–Crippen MR) is 84.8 cm³/mol. The number of aromatic amines is 1. The topological polar surface area (TPSA) is 175 Å². The van der Waals surface area contributed by atoms with Gasteiger partial charge in [0.25, 0.3) is 0 Å². The molecule has 1 aromatic heterocycles. The van der Waals surface area contributed by atoms with E-state index in [0.717, 1.165) is 0 Å². The average Bonchev–Trinajstić information content (AvgIpc) is 2.90. The van der Waals surface area contributed by atoms with E-state index in [1.807, 2.05) is 22.6 Å². The molecule has 0 unspecified atom stereocenters. The average molecular weight is 458 g/mol.